The van der Waals surface area contributed by atoms with Gasteiger partial charge in [-0.25, -0.2) is 15.0 Å². The van der Waals surface area contributed by atoms with Crippen molar-refractivity contribution >= 4 is 16.9 Å². The van der Waals surface area contributed by atoms with Gasteiger partial charge in [0, 0.05) is 11.3 Å². The van der Waals surface area contributed by atoms with Gasteiger partial charge in [-0.15, -0.1) is 0 Å². The second kappa shape index (κ2) is 4.85. The number of carbonyl (C=O) groups excluding carboxylic acids is 1. The third kappa shape index (κ3) is 2.42. The van der Waals surface area contributed by atoms with E-state index in [0.717, 1.165) is 22.5 Å². The lowest BCUT2D eigenvalue weighted by Crippen LogP contribution is -2.04. The van der Waals surface area contributed by atoms with Crippen LogP contribution in [-0.4, -0.2) is 20.7 Å². The largest absolute Gasteiger partial charge is 0.443 e. The Morgan fingerprint density at radius 1 is 1.25 bits per heavy atom. The molecule has 0 saturated carbocycles. The van der Waals surface area contributed by atoms with Crippen LogP contribution >= 0.6 is 0 Å². The predicted molar refractivity (Wildman–Crippen MR) is 74.2 cm³/mol. The molecule has 5 nitrogen and oxygen atoms in total. The average molecular weight is 267 g/mol. The molecule has 0 N–H and O–H groups in total. The first-order valence-electron chi connectivity index (χ1n) is 6.29. The van der Waals surface area contributed by atoms with E-state index in [4.69, 9.17) is 4.42 Å². The summed E-state index contributed by atoms with van der Waals surface area (Å²) in [4.78, 5) is 24.0. The standard InChI is InChI=1S/C15H13N3O2/c1-9-5-13(18-15(17-9)6-10(2)19)11-3-4-12-14(7-11)20-8-16-12/h3-5,7-8H,6H2,1-2H3. The second-order valence-corrected chi connectivity index (χ2v) is 4.72. The van der Waals surface area contributed by atoms with Crippen molar-refractivity contribution in [2.24, 2.45) is 0 Å². The number of ketones is 1. The van der Waals surface area contributed by atoms with E-state index in [9.17, 15) is 4.79 Å². The van der Waals surface area contributed by atoms with Crippen molar-refractivity contribution in [2.45, 2.75) is 20.3 Å². The summed E-state index contributed by atoms with van der Waals surface area (Å²) in [6.45, 7) is 3.42. The molecule has 2 aromatic heterocycles. The van der Waals surface area contributed by atoms with Crippen LogP contribution in [0.1, 0.15) is 18.4 Å². The van der Waals surface area contributed by atoms with Gasteiger partial charge in [-0.05, 0) is 32.0 Å². The van der Waals surface area contributed by atoms with Crippen molar-refractivity contribution in [3.05, 3.63) is 42.2 Å². The molecule has 0 unspecified atom stereocenters. The number of hydrogen-bond acceptors (Lipinski definition) is 5. The molecule has 5 heteroatoms. The molecule has 0 aliphatic rings. The number of fused-ring (bicyclic) bond motifs is 1. The molecule has 0 aliphatic carbocycles. The monoisotopic (exact) mass is 267 g/mol. The van der Waals surface area contributed by atoms with Crippen LogP contribution in [0.15, 0.2) is 35.1 Å². The highest BCUT2D eigenvalue weighted by Crippen LogP contribution is 2.23. The van der Waals surface area contributed by atoms with Crippen LogP contribution in [0.3, 0.4) is 0 Å². The van der Waals surface area contributed by atoms with Crippen molar-refractivity contribution in [2.75, 3.05) is 0 Å². The summed E-state index contributed by atoms with van der Waals surface area (Å²) in [7, 11) is 0. The van der Waals surface area contributed by atoms with Crippen LogP contribution in [0, 0.1) is 6.92 Å². The summed E-state index contributed by atoms with van der Waals surface area (Å²) in [5.41, 5.74) is 4.07. The Labute approximate surface area is 115 Å². The molecule has 2 heterocycles. The van der Waals surface area contributed by atoms with Crippen LogP contribution in [0.25, 0.3) is 22.4 Å². The van der Waals surface area contributed by atoms with Gasteiger partial charge < -0.3 is 4.42 Å². The Morgan fingerprint density at radius 3 is 2.90 bits per heavy atom. The topological polar surface area (TPSA) is 68.9 Å². The fourth-order valence-corrected chi connectivity index (χ4v) is 2.09. The Bertz CT molecular complexity index is 793. The van der Waals surface area contributed by atoms with Crippen molar-refractivity contribution in [3.63, 3.8) is 0 Å². The third-order valence-corrected chi connectivity index (χ3v) is 2.93. The highest BCUT2D eigenvalue weighted by atomic mass is 16.3. The molecule has 1 aromatic carbocycles. The summed E-state index contributed by atoms with van der Waals surface area (Å²) in [6.07, 6.45) is 1.67. The highest BCUT2D eigenvalue weighted by Gasteiger charge is 2.08. The first-order chi connectivity index (χ1) is 9.61. The number of nitrogens with zero attached hydrogens (tertiary/aromatic N) is 3. The predicted octanol–water partition coefficient (Wildman–Crippen LogP) is 2.72. The first-order valence-corrected chi connectivity index (χ1v) is 6.29. The number of Topliss-reactive ketones (excluding diaryl/α,β-unsaturated/α-hetero) is 1. The molecule has 0 spiro atoms. The van der Waals surface area contributed by atoms with Crippen molar-refractivity contribution < 1.29 is 9.21 Å². The quantitative estimate of drug-likeness (QED) is 0.729. The molecule has 0 aliphatic heterocycles. The molecular formula is C15H13N3O2. The van der Waals surface area contributed by atoms with Gasteiger partial charge in [-0.3, -0.25) is 4.79 Å². The third-order valence-electron chi connectivity index (χ3n) is 2.93. The second-order valence-electron chi connectivity index (χ2n) is 4.72. The molecule has 0 amide bonds. The maximum absolute atomic E-state index is 11.2. The number of oxazole rings is 1. The van der Waals surface area contributed by atoms with Gasteiger partial charge in [0.2, 0.25) is 0 Å². The normalized spacial score (nSPS) is 10.9. The van der Waals surface area contributed by atoms with E-state index in [1.165, 1.54) is 13.3 Å². The van der Waals surface area contributed by atoms with Crippen LogP contribution in [0.2, 0.25) is 0 Å². The van der Waals surface area contributed by atoms with Crippen LogP contribution in [0.5, 0.6) is 0 Å². The van der Waals surface area contributed by atoms with E-state index in [1.54, 1.807) is 0 Å². The maximum Gasteiger partial charge on any atom is 0.181 e. The Hall–Kier alpha value is -2.56. The number of benzene rings is 1. The van der Waals surface area contributed by atoms with E-state index in [0.29, 0.717) is 11.4 Å². The lowest BCUT2D eigenvalue weighted by Gasteiger charge is -2.05. The summed E-state index contributed by atoms with van der Waals surface area (Å²) >= 11 is 0. The van der Waals surface area contributed by atoms with Crippen molar-refractivity contribution in [1.82, 2.24) is 15.0 Å². The van der Waals surface area contributed by atoms with Gasteiger partial charge in [0.25, 0.3) is 0 Å². The molecule has 3 rings (SSSR count). The Balaban J connectivity index is 2.07. The first kappa shape index (κ1) is 12.5. The van der Waals surface area contributed by atoms with E-state index < -0.39 is 0 Å². The smallest absolute Gasteiger partial charge is 0.181 e. The number of aromatic nitrogens is 3. The molecule has 3 aromatic rings. The molecule has 100 valence electrons. The minimum Gasteiger partial charge on any atom is -0.443 e. The van der Waals surface area contributed by atoms with Crippen molar-refractivity contribution in [3.8, 4) is 11.3 Å². The molecule has 20 heavy (non-hydrogen) atoms. The van der Waals surface area contributed by atoms with Gasteiger partial charge in [0.05, 0.1) is 12.1 Å². The summed E-state index contributed by atoms with van der Waals surface area (Å²) in [5, 5.41) is 0. The van der Waals surface area contributed by atoms with Gasteiger partial charge in [0.1, 0.15) is 17.1 Å². The summed E-state index contributed by atoms with van der Waals surface area (Å²) in [6, 6.07) is 7.60. The average Bonchev–Trinajstić information content (AvgIpc) is 2.84. The van der Waals surface area contributed by atoms with Gasteiger partial charge in [-0.1, -0.05) is 6.07 Å². The summed E-state index contributed by atoms with van der Waals surface area (Å²) < 4.78 is 5.30. The van der Waals surface area contributed by atoms with Crippen LogP contribution < -0.4 is 0 Å². The number of aryl methyl sites for hydroxylation is 1. The van der Waals surface area contributed by atoms with Gasteiger partial charge in [0.15, 0.2) is 12.0 Å². The van der Waals surface area contributed by atoms with E-state index in [1.807, 2.05) is 31.2 Å². The SMILES string of the molecule is CC(=O)Cc1nc(C)cc(-c2ccc3ncoc3c2)n1. The molecule has 0 bridgehead atoms. The fourth-order valence-electron chi connectivity index (χ4n) is 2.09. The van der Waals surface area contributed by atoms with E-state index in [-0.39, 0.29) is 12.2 Å². The lowest BCUT2D eigenvalue weighted by molar-refractivity contribution is -0.116. The number of carbonyl (C=O) groups is 1. The molecular weight excluding hydrogens is 254 g/mol. The molecule has 0 saturated heterocycles. The zero-order valence-corrected chi connectivity index (χ0v) is 11.3. The van der Waals surface area contributed by atoms with E-state index in [2.05, 4.69) is 15.0 Å². The van der Waals surface area contributed by atoms with Crippen LogP contribution in [-0.2, 0) is 11.2 Å². The molecule has 0 fully saturated rings. The van der Waals surface area contributed by atoms with Gasteiger partial charge in [-0.2, -0.15) is 0 Å². The minimum absolute atomic E-state index is 0.0484. The molecule has 0 radical (unpaired) electrons. The highest BCUT2D eigenvalue weighted by molar-refractivity contribution is 5.79. The Morgan fingerprint density at radius 2 is 2.10 bits per heavy atom. The summed E-state index contributed by atoms with van der Waals surface area (Å²) in [5.74, 6) is 0.595. The number of hydrogen-bond donors (Lipinski definition) is 0. The van der Waals surface area contributed by atoms with E-state index >= 15 is 0 Å². The van der Waals surface area contributed by atoms with Crippen LogP contribution in [0.4, 0.5) is 0 Å². The zero-order chi connectivity index (χ0) is 14.1. The Kier molecular flexibility index (Phi) is 3.02. The molecule has 0 atom stereocenters. The minimum atomic E-state index is 0.0484. The fraction of sp³-hybridized carbons (Fsp3) is 0.200. The maximum atomic E-state index is 11.2. The number of rotatable bonds is 3. The zero-order valence-electron chi connectivity index (χ0n) is 11.3. The van der Waals surface area contributed by atoms with Gasteiger partial charge >= 0.3 is 0 Å². The lowest BCUT2D eigenvalue weighted by atomic mass is 10.1. The van der Waals surface area contributed by atoms with Crippen molar-refractivity contribution in [1.29, 1.82) is 0 Å².